The number of allylic oxidation sites excluding steroid dienone is 2. The first kappa shape index (κ1) is 13.0. The lowest BCUT2D eigenvalue weighted by atomic mass is 9.90. The van der Waals surface area contributed by atoms with Gasteiger partial charge in [0.1, 0.15) is 0 Å². The fourth-order valence-corrected chi connectivity index (χ4v) is 1.62. The Morgan fingerprint density at radius 2 is 1.81 bits per heavy atom. The minimum atomic E-state index is -0.896. The van der Waals surface area contributed by atoms with E-state index in [9.17, 15) is 5.11 Å². The maximum atomic E-state index is 10.1. The molecule has 0 saturated heterocycles. The van der Waals surface area contributed by atoms with Gasteiger partial charge in [-0.1, -0.05) is 42.0 Å². The van der Waals surface area contributed by atoms with E-state index in [0.717, 1.165) is 16.7 Å². The van der Waals surface area contributed by atoms with Crippen LogP contribution >= 0.6 is 11.6 Å². The Bertz CT molecular complexity index is 407. The van der Waals surface area contributed by atoms with Gasteiger partial charge in [-0.25, -0.2) is 0 Å². The Labute approximate surface area is 102 Å². The van der Waals surface area contributed by atoms with Crippen molar-refractivity contribution in [2.75, 3.05) is 0 Å². The van der Waals surface area contributed by atoms with Crippen LogP contribution < -0.4 is 0 Å². The molecule has 1 aromatic rings. The van der Waals surface area contributed by atoms with Crippen LogP contribution in [0.5, 0.6) is 0 Å². The monoisotopic (exact) mass is 236 g/mol. The van der Waals surface area contributed by atoms with E-state index in [2.05, 4.69) is 6.58 Å². The van der Waals surface area contributed by atoms with Crippen molar-refractivity contribution in [1.29, 1.82) is 0 Å². The predicted molar refractivity (Wildman–Crippen MR) is 70.5 cm³/mol. The summed E-state index contributed by atoms with van der Waals surface area (Å²) in [4.78, 5) is 0. The van der Waals surface area contributed by atoms with E-state index in [1.165, 1.54) is 0 Å². The lowest BCUT2D eigenvalue weighted by Crippen LogP contribution is -2.20. The van der Waals surface area contributed by atoms with Gasteiger partial charge in [-0.3, -0.25) is 0 Å². The van der Waals surface area contributed by atoms with Crippen molar-refractivity contribution >= 4 is 17.2 Å². The third kappa shape index (κ3) is 3.51. The molecule has 0 fully saturated rings. The van der Waals surface area contributed by atoms with E-state index in [1.54, 1.807) is 13.8 Å². The summed E-state index contributed by atoms with van der Waals surface area (Å²) in [6.45, 7) is 9.26. The van der Waals surface area contributed by atoms with Crippen LogP contribution in [-0.4, -0.2) is 10.7 Å². The van der Waals surface area contributed by atoms with Gasteiger partial charge in [-0.05, 0) is 44.0 Å². The lowest BCUT2D eigenvalue weighted by molar-refractivity contribution is 0.144. The zero-order chi connectivity index (χ0) is 12.3. The molecule has 1 rings (SSSR count). The molecule has 0 radical (unpaired) electrons. The van der Waals surface area contributed by atoms with Crippen molar-refractivity contribution in [1.82, 2.24) is 0 Å². The molecule has 86 valence electrons. The van der Waals surface area contributed by atoms with Gasteiger partial charge < -0.3 is 5.11 Å². The summed E-state index contributed by atoms with van der Waals surface area (Å²) in [6, 6.07) is 7.42. The number of halogens is 1. The maximum Gasteiger partial charge on any atom is 0.0846 e. The topological polar surface area (TPSA) is 20.2 Å². The summed E-state index contributed by atoms with van der Waals surface area (Å²) < 4.78 is 0. The van der Waals surface area contributed by atoms with Crippen molar-refractivity contribution < 1.29 is 5.11 Å². The van der Waals surface area contributed by atoms with Gasteiger partial charge in [0.15, 0.2) is 0 Å². The molecule has 0 saturated carbocycles. The Morgan fingerprint density at radius 1 is 1.31 bits per heavy atom. The van der Waals surface area contributed by atoms with Crippen molar-refractivity contribution in [2.24, 2.45) is 0 Å². The predicted octanol–water partition coefficient (Wildman–Crippen LogP) is 4.07. The van der Waals surface area contributed by atoms with Gasteiger partial charge in [0, 0.05) is 5.02 Å². The van der Waals surface area contributed by atoms with E-state index in [0.29, 0.717) is 5.02 Å². The van der Waals surface area contributed by atoms with Crippen molar-refractivity contribution in [3.05, 3.63) is 53.1 Å². The smallest absolute Gasteiger partial charge is 0.0846 e. The highest BCUT2D eigenvalue weighted by Crippen LogP contribution is 2.28. The molecule has 1 N–H and O–H groups in total. The number of hydrogen-bond acceptors (Lipinski definition) is 1. The molecule has 0 atom stereocenters. The number of rotatable bonds is 3. The summed E-state index contributed by atoms with van der Waals surface area (Å²) in [7, 11) is 0. The van der Waals surface area contributed by atoms with Gasteiger partial charge in [-0.15, -0.1) is 0 Å². The Kier molecular flexibility index (Phi) is 3.95. The third-order valence-corrected chi connectivity index (χ3v) is 2.46. The summed E-state index contributed by atoms with van der Waals surface area (Å²) in [5, 5.41) is 10.8. The molecule has 0 heterocycles. The Hall–Kier alpha value is -1.05. The van der Waals surface area contributed by atoms with Crippen LogP contribution in [0, 0.1) is 0 Å². The fraction of sp³-hybridized carbons (Fsp3) is 0.286. The highest BCUT2D eigenvalue weighted by Gasteiger charge is 2.20. The normalized spacial score (nSPS) is 12.7. The molecule has 0 amide bonds. The first-order valence-corrected chi connectivity index (χ1v) is 5.54. The first-order chi connectivity index (χ1) is 7.30. The lowest BCUT2D eigenvalue weighted by Gasteiger charge is -2.22. The van der Waals surface area contributed by atoms with Crippen molar-refractivity contribution in [3.63, 3.8) is 0 Å². The summed E-state index contributed by atoms with van der Waals surface area (Å²) in [5.41, 5.74) is 1.82. The third-order valence-electron chi connectivity index (χ3n) is 2.21. The zero-order valence-corrected chi connectivity index (χ0v) is 10.7. The second-order valence-corrected chi connectivity index (χ2v) is 4.91. The number of aliphatic hydroxyl groups is 1. The van der Waals surface area contributed by atoms with Crippen LogP contribution in [0.4, 0.5) is 0 Å². The van der Waals surface area contributed by atoms with E-state index < -0.39 is 5.60 Å². The van der Waals surface area contributed by atoms with Gasteiger partial charge in [-0.2, -0.15) is 0 Å². The standard InChI is InChI=1S/C14H17ClO/c1-10(2)9-13(14(3,4)16)11-5-7-12(15)8-6-11/h5-9,16H,1H2,2-4H3/b13-9-. The molecule has 0 aliphatic rings. The van der Waals surface area contributed by atoms with Crippen LogP contribution in [0.1, 0.15) is 26.3 Å². The van der Waals surface area contributed by atoms with Crippen molar-refractivity contribution in [2.45, 2.75) is 26.4 Å². The molecular weight excluding hydrogens is 220 g/mol. The quantitative estimate of drug-likeness (QED) is 0.785. The first-order valence-electron chi connectivity index (χ1n) is 5.16. The fourth-order valence-electron chi connectivity index (χ4n) is 1.49. The van der Waals surface area contributed by atoms with Crippen LogP contribution in [0.25, 0.3) is 5.57 Å². The minimum absolute atomic E-state index is 0.689. The van der Waals surface area contributed by atoms with E-state index in [4.69, 9.17) is 11.6 Å². The molecule has 1 aromatic carbocycles. The average Bonchev–Trinajstić information content (AvgIpc) is 2.14. The Morgan fingerprint density at radius 3 is 2.19 bits per heavy atom. The zero-order valence-electron chi connectivity index (χ0n) is 9.92. The average molecular weight is 237 g/mol. The summed E-state index contributed by atoms with van der Waals surface area (Å²) in [6.07, 6.45) is 1.89. The van der Waals surface area contributed by atoms with E-state index >= 15 is 0 Å². The van der Waals surface area contributed by atoms with Crippen LogP contribution in [0.3, 0.4) is 0 Å². The molecule has 0 aromatic heterocycles. The molecular formula is C14H17ClO. The second-order valence-electron chi connectivity index (χ2n) is 4.47. The van der Waals surface area contributed by atoms with Crippen LogP contribution in [0.2, 0.25) is 5.02 Å². The molecule has 0 aliphatic heterocycles. The molecule has 0 spiro atoms. The molecule has 0 unspecified atom stereocenters. The van der Waals surface area contributed by atoms with Crippen molar-refractivity contribution in [3.8, 4) is 0 Å². The summed E-state index contributed by atoms with van der Waals surface area (Å²) in [5.74, 6) is 0. The summed E-state index contributed by atoms with van der Waals surface area (Å²) >= 11 is 5.84. The van der Waals surface area contributed by atoms with Crippen LogP contribution in [-0.2, 0) is 0 Å². The largest absolute Gasteiger partial charge is 0.386 e. The van der Waals surface area contributed by atoms with E-state index in [-0.39, 0.29) is 0 Å². The Balaban J connectivity index is 3.23. The molecule has 2 heteroatoms. The molecule has 0 aliphatic carbocycles. The highest BCUT2D eigenvalue weighted by molar-refractivity contribution is 6.30. The second kappa shape index (κ2) is 4.86. The van der Waals surface area contributed by atoms with E-state index in [1.807, 2.05) is 37.3 Å². The number of benzene rings is 1. The van der Waals surface area contributed by atoms with Gasteiger partial charge in [0.25, 0.3) is 0 Å². The molecule has 16 heavy (non-hydrogen) atoms. The molecule has 0 bridgehead atoms. The van der Waals surface area contributed by atoms with Crippen LogP contribution in [0.15, 0.2) is 42.5 Å². The highest BCUT2D eigenvalue weighted by atomic mass is 35.5. The van der Waals surface area contributed by atoms with Gasteiger partial charge in [0.2, 0.25) is 0 Å². The maximum absolute atomic E-state index is 10.1. The SMILES string of the molecule is C=C(C)/C=C(/c1ccc(Cl)cc1)C(C)(C)O. The van der Waals surface area contributed by atoms with Gasteiger partial charge in [0.05, 0.1) is 5.60 Å². The minimum Gasteiger partial charge on any atom is -0.386 e. The molecule has 1 nitrogen and oxygen atoms in total. The van der Waals surface area contributed by atoms with Gasteiger partial charge >= 0.3 is 0 Å². The number of hydrogen-bond donors (Lipinski definition) is 1.